The van der Waals surface area contributed by atoms with Crippen LogP contribution >= 0.6 is 0 Å². The fourth-order valence-electron chi connectivity index (χ4n) is 3.32. The number of nitro benzene ring substituents is 1. The van der Waals surface area contributed by atoms with Crippen LogP contribution in [-0.4, -0.2) is 61.0 Å². The van der Waals surface area contributed by atoms with Gasteiger partial charge in [0.05, 0.1) is 24.7 Å². The predicted molar refractivity (Wildman–Crippen MR) is 104 cm³/mol. The van der Waals surface area contributed by atoms with Crippen LogP contribution in [0.15, 0.2) is 36.4 Å². The SMILES string of the molecule is COc1ccc(CN2CCN(C(=O)c3cc([N+](=O)[O-])ccc3OC)CC2)cc1F. The van der Waals surface area contributed by atoms with Crippen molar-refractivity contribution in [1.29, 1.82) is 0 Å². The first-order chi connectivity index (χ1) is 13.9. The van der Waals surface area contributed by atoms with Crippen LogP contribution < -0.4 is 9.47 Å². The highest BCUT2D eigenvalue weighted by Crippen LogP contribution is 2.26. The normalized spacial score (nSPS) is 14.5. The summed E-state index contributed by atoms with van der Waals surface area (Å²) in [5.74, 6) is -0.205. The number of ether oxygens (including phenoxy) is 2. The zero-order chi connectivity index (χ0) is 21.0. The Hall–Kier alpha value is -3.20. The van der Waals surface area contributed by atoms with Crippen molar-refractivity contribution in [3.05, 3.63) is 63.5 Å². The first-order valence-corrected chi connectivity index (χ1v) is 9.09. The summed E-state index contributed by atoms with van der Waals surface area (Å²) in [6, 6.07) is 8.84. The Kier molecular flexibility index (Phi) is 6.28. The number of nitro groups is 1. The van der Waals surface area contributed by atoms with E-state index in [2.05, 4.69) is 4.90 Å². The number of carbonyl (C=O) groups excluding carboxylic acids is 1. The molecule has 29 heavy (non-hydrogen) atoms. The lowest BCUT2D eigenvalue weighted by Crippen LogP contribution is -2.48. The quantitative estimate of drug-likeness (QED) is 0.545. The van der Waals surface area contributed by atoms with Gasteiger partial charge in [0.25, 0.3) is 11.6 Å². The fraction of sp³-hybridized carbons (Fsp3) is 0.350. The van der Waals surface area contributed by atoms with E-state index in [0.717, 1.165) is 5.56 Å². The lowest BCUT2D eigenvalue weighted by Gasteiger charge is -2.35. The second-order valence-corrected chi connectivity index (χ2v) is 6.68. The van der Waals surface area contributed by atoms with Gasteiger partial charge in [-0.2, -0.15) is 0 Å². The van der Waals surface area contributed by atoms with E-state index in [0.29, 0.717) is 38.5 Å². The molecule has 1 amide bonds. The van der Waals surface area contributed by atoms with Crippen LogP contribution in [0.1, 0.15) is 15.9 Å². The summed E-state index contributed by atoms with van der Waals surface area (Å²) in [5, 5.41) is 11.0. The Balaban J connectivity index is 1.65. The molecule has 9 heteroatoms. The van der Waals surface area contributed by atoms with E-state index in [1.807, 2.05) is 6.07 Å². The Morgan fingerprint density at radius 2 is 1.72 bits per heavy atom. The molecule has 2 aromatic carbocycles. The molecule has 1 fully saturated rings. The average molecular weight is 403 g/mol. The highest BCUT2D eigenvalue weighted by molar-refractivity contribution is 5.97. The molecule has 0 saturated carbocycles. The number of non-ortho nitro benzene ring substituents is 1. The van der Waals surface area contributed by atoms with Gasteiger partial charge in [-0.1, -0.05) is 6.07 Å². The van der Waals surface area contributed by atoms with E-state index in [1.165, 1.54) is 38.5 Å². The van der Waals surface area contributed by atoms with Crippen LogP contribution in [0.3, 0.4) is 0 Å². The molecule has 0 aromatic heterocycles. The molecule has 0 unspecified atom stereocenters. The molecule has 0 bridgehead atoms. The molecule has 154 valence electrons. The second-order valence-electron chi connectivity index (χ2n) is 6.68. The van der Waals surface area contributed by atoms with Gasteiger partial charge in [-0.05, 0) is 23.8 Å². The third-order valence-electron chi connectivity index (χ3n) is 4.91. The number of piperazine rings is 1. The molecule has 0 N–H and O–H groups in total. The van der Waals surface area contributed by atoms with Gasteiger partial charge in [0, 0.05) is 44.9 Å². The standard InChI is InChI=1S/C20H22FN3O5/c1-28-18-6-4-15(24(26)27)12-16(18)20(25)23-9-7-22(8-10-23)13-14-3-5-19(29-2)17(21)11-14/h3-6,11-12H,7-10,13H2,1-2H3. The van der Waals surface area contributed by atoms with Gasteiger partial charge in [-0.3, -0.25) is 19.8 Å². The van der Waals surface area contributed by atoms with Crippen molar-refractivity contribution in [1.82, 2.24) is 9.80 Å². The van der Waals surface area contributed by atoms with E-state index in [-0.39, 0.29) is 22.9 Å². The number of hydrogen-bond acceptors (Lipinski definition) is 6. The zero-order valence-corrected chi connectivity index (χ0v) is 16.3. The van der Waals surface area contributed by atoms with Crippen molar-refractivity contribution < 1.29 is 23.6 Å². The van der Waals surface area contributed by atoms with Crippen LogP contribution in [0.25, 0.3) is 0 Å². The molecule has 1 aliphatic heterocycles. The van der Waals surface area contributed by atoms with E-state index in [1.54, 1.807) is 11.0 Å². The number of carbonyl (C=O) groups is 1. The maximum absolute atomic E-state index is 13.9. The third kappa shape index (κ3) is 4.62. The summed E-state index contributed by atoms with van der Waals surface area (Å²) in [6.07, 6.45) is 0. The number of hydrogen-bond donors (Lipinski definition) is 0. The van der Waals surface area contributed by atoms with Crippen molar-refractivity contribution in [3.8, 4) is 11.5 Å². The Morgan fingerprint density at radius 3 is 2.31 bits per heavy atom. The molecule has 1 heterocycles. The first kappa shape index (κ1) is 20.5. The van der Waals surface area contributed by atoms with Gasteiger partial charge < -0.3 is 14.4 Å². The minimum atomic E-state index is -0.540. The fourth-order valence-corrected chi connectivity index (χ4v) is 3.32. The molecule has 0 aliphatic carbocycles. The Bertz CT molecular complexity index is 913. The van der Waals surface area contributed by atoms with Crippen molar-refractivity contribution >= 4 is 11.6 Å². The number of rotatable bonds is 6. The third-order valence-corrected chi connectivity index (χ3v) is 4.91. The average Bonchev–Trinajstić information content (AvgIpc) is 2.73. The van der Waals surface area contributed by atoms with Gasteiger partial charge in [0.2, 0.25) is 0 Å². The molecule has 0 radical (unpaired) electrons. The van der Waals surface area contributed by atoms with E-state index < -0.39 is 10.7 Å². The Labute approximate surface area is 167 Å². The summed E-state index contributed by atoms with van der Waals surface area (Å²) < 4.78 is 24.0. The van der Waals surface area contributed by atoms with Crippen LogP contribution in [0.5, 0.6) is 11.5 Å². The molecule has 1 aliphatic rings. The van der Waals surface area contributed by atoms with Crippen LogP contribution in [0, 0.1) is 15.9 Å². The zero-order valence-electron chi connectivity index (χ0n) is 16.3. The lowest BCUT2D eigenvalue weighted by molar-refractivity contribution is -0.384. The molecule has 1 saturated heterocycles. The molecule has 8 nitrogen and oxygen atoms in total. The summed E-state index contributed by atoms with van der Waals surface area (Å²) in [4.78, 5) is 27.1. The maximum atomic E-state index is 13.9. The predicted octanol–water partition coefficient (Wildman–Crippen LogP) is 2.71. The minimum absolute atomic E-state index is 0.158. The molecule has 2 aromatic rings. The van der Waals surface area contributed by atoms with Gasteiger partial charge in [0.1, 0.15) is 5.75 Å². The van der Waals surface area contributed by atoms with Gasteiger partial charge in [0.15, 0.2) is 11.6 Å². The van der Waals surface area contributed by atoms with Crippen LogP contribution in [0.2, 0.25) is 0 Å². The molecular formula is C20H22FN3O5. The molecule has 3 rings (SSSR count). The highest BCUT2D eigenvalue weighted by Gasteiger charge is 2.26. The maximum Gasteiger partial charge on any atom is 0.270 e. The van der Waals surface area contributed by atoms with Crippen molar-refractivity contribution in [2.24, 2.45) is 0 Å². The number of methoxy groups -OCH3 is 2. The van der Waals surface area contributed by atoms with Gasteiger partial charge in [-0.15, -0.1) is 0 Å². The largest absolute Gasteiger partial charge is 0.496 e. The second kappa shape index (κ2) is 8.87. The van der Waals surface area contributed by atoms with E-state index in [9.17, 15) is 19.3 Å². The summed E-state index contributed by atoms with van der Waals surface area (Å²) in [6.45, 7) is 2.70. The van der Waals surface area contributed by atoms with Gasteiger partial charge in [-0.25, -0.2) is 4.39 Å². The number of nitrogens with zero attached hydrogens (tertiary/aromatic N) is 3. The smallest absolute Gasteiger partial charge is 0.270 e. The van der Waals surface area contributed by atoms with Crippen LogP contribution in [0.4, 0.5) is 10.1 Å². The summed E-state index contributed by atoms with van der Waals surface area (Å²) in [5.41, 5.74) is 0.838. The summed E-state index contributed by atoms with van der Waals surface area (Å²) >= 11 is 0. The highest BCUT2D eigenvalue weighted by atomic mass is 19.1. The topological polar surface area (TPSA) is 85.2 Å². The monoisotopic (exact) mass is 403 g/mol. The van der Waals surface area contributed by atoms with E-state index >= 15 is 0 Å². The van der Waals surface area contributed by atoms with Gasteiger partial charge >= 0.3 is 0 Å². The lowest BCUT2D eigenvalue weighted by atomic mass is 10.1. The van der Waals surface area contributed by atoms with E-state index in [4.69, 9.17) is 9.47 Å². The summed E-state index contributed by atoms with van der Waals surface area (Å²) in [7, 11) is 2.84. The number of amides is 1. The molecule has 0 atom stereocenters. The molecular weight excluding hydrogens is 381 g/mol. The first-order valence-electron chi connectivity index (χ1n) is 9.09. The van der Waals surface area contributed by atoms with Crippen LogP contribution in [-0.2, 0) is 6.54 Å². The van der Waals surface area contributed by atoms with Crippen molar-refractivity contribution in [2.75, 3.05) is 40.4 Å². The minimum Gasteiger partial charge on any atom is -0.496 e. The number of benzene rings is 2. The Morgan fingerprint density at radius 1 is 1.07 bits per heavy atom. The van der Waals surface area contributed by atoms with Crippen molar-refractivity contribution in [3.63, 3.8) is 0 Å². The number of halogens is 1. The van der Waals surface area contributed by atoms with Crippen molar-refractivity contribution in [2.45, 2.75) is 6.54 Å². The molecule has 0 spiro atoms.